The van der Waals surface area contributed by atoms with Crippen molar-refractivity contribution >= 4 is 33.0 Å². The lowest BCUT2D eigenvalue weighted by Crippen LogP contribution is -2.37. The maximum absolute atomic E-state index is 12.1. The van der Waals surface area contributed by atoms with Gasteiger partial charge < -0.3 is 5.11 Å². The summed E-state index contributed by atoms with van der Waals surface area (Å²) in [5.41, 5.74) is 0. The van der Waals surface area contributed by atoms with Crippen LogP contribution in [0.1, 0.15) is 25.7 Å². The number of nitrogens with one attached hydrogen (secondary N) is 1. The van der Waals surface area contributed by atoms with Gasteiger partial charge in [0.25, 0.3) is 0 Å². The molecule has 1 aliphatic rings. The van der Waals surface area contributed by atoms with Crippen molar-refractivity contribution in [2.24, 2.45) is 5.92 Å². The first-order valence-corrected chi connectivity index (χ1v) is 8.57. The quantitative estimate of drug-likeness (QED) is 0.896. The Hall–Kier alpha value is -0.140. The van der Waals surface area contributed by atoms with Gasteiger partial charge in [-0.1, -0.05) is 11.6 Å². The summed E-state index contributed by atoms with van der Waals surface area (Å²) in [6, 6.07) is 3.08. The Bertz CT molecular complexity index is 492. The summed E-state index contributed by atoms with van der Waals surface area (Å²) in [6.07, 6.45) is 3.30. The van der Waals surface area contributed by atoms with Gasteiger partial charge in [-0.15, -0.1) is 11.3 Å². The molecule has 0 radical (unpaired) electrons. The Morgan fingerprint density at radius 3 is 2.50 bits per heavy atom. The highest BCUT2D eigenvalue weighted by Gasteiger charge is 2.26. The van der Waals surface area contributed by atoms with E-state index in [1.54, 1.807) is 6.07 Å². The molecule has 0 saturated heterocycles. The lowest BCUT2D eigenvalue weighted by Gasteiger charge is -2.27. The van der Waals surface area contributed by atoms with E-state index < -0.39 is 10.0 Å². The first-order chi connectivity index (χ1) is 8.51. The zero-order valence-electron chi connectivity index (χ0n) is 9.80. The molecule has 0 unspecified atom stereocenters. The fourth-order valence-corrected chi connectivity index (χ4v) is 4.99. The van der Waals surface area contributed by atoms with Gasteiger partial charge in [-0.3, -0.25) is 0 Å². The summed E-state index contributed by atoms with van der Waals surface area (Å²) >= 11 is 6.81. The first kappa shape index (κ1) is 14.3. The molecule has 102 valence electrons. The zero-order valence-corrected chi connectivity index (χ0v) is 12.2. The summed E-state index contributed by atoms with van der Waals surface area (Å²) in [5, 5.41) is 9.04. The van der Waals surface area contributed by atoms with Gasteiger partial charge in [0.15, 0.2) is 0 Å². The number of hydrogen-bond acceptors (Lipinski definition) is 4. The minimum Gasteiger partial charge on any atom is -0.396 e. The van der Waals surface area contributed by atoms with Gasteiger partial charge in [-0.2, -0.15) is 0 Å². The number of rotatable bonds is 4. The van der Waals surface area contributed by atoms with Crippen molar-refractivity contribution < 1.29 is 13.5 Å². The van der Waals surface area contributed by atoms with Crippen LogP contribution in [0.2, 0.25) is 4.34 Å². The molecule has 0 aliphatic heterocycles. The molecule has 0 atom stereocenters. The molecule has 7 heteroatoms. The van der Waals surface area contributed by atoms with Crippen LogP contribution >= 0.6 is 22.9 Å². The molecule has 4 nitrogen and oxygen atoms in total. The molecule has 1 aliphatic carbocycles. The molecule has 18 heavy (non-hydrogen) atoms. The van der Waals surface area contributed by atoms with Crippen molar-refractivity contribution in [2.75, 3.05) is 6.61 Å². The average Bonchev–Trinajstić information content (AvgIpc) is 2.77. The van der Waals surface area contributed by atoms with Crippen LogP contribution in [-0.2, 0) is 10.0 Å². The summed E-state index contributed by atoms with van der Waals surface area (Å²) in [4.78, 5) is 0. The Morgan fingerprint density at radius 1 is 1.33 bits per heavy atom. The maximum Gasteiger partial charge on any atom is 0.250 e. The minimum absolute atomic E-state index is 0.0290. The monoisotopic (exact) mass is 309 g/mol. The zero-order chi connectivity index (χ0) is 13.2. The van der Waals surface area contributed by atoms with Crippen LogP contribution in [0.4, 0.5) is 0 Å². The first-order valence-electron chi connectivity index (χ1n) is 5.90. The molecule has 1 fully saturated rings. The van der Waals surface area contributed by atoms with Crippen molar-refractivity contribution in [2.45, 2.75) is 35.9 Å². The third kappa shape index (κ3) is 3.45. The van der Waals surface area contributed by atoms with Gasteiger partial charge >= 0.3 is 0 Å². The van der Waals surface area contributed by atoms with Crippen molar-refractivity contribution in [3.05, 3.63) is 16.5 Å². The van der Waals surface area contributed by atoms with Crippen LogP contribution in [0.25, 0.3) is 0 Å². The van der Waals surface area contributed by atoms with E-state index in [9.17, 15) is 8.42 Å². The molecule has 2 rings (SSSR count). The molecule has 0 aromatic carbocycles. The van der Waals surface area contributed by atoms with Crippen LogP contribution in [0.3, 0.4) is 0 Å². The highest BCUT2D eigenvalue weighted by Crippen LogP contribution is 2.28. The SMILES string of the molecule is O=S(=O)(NC1CCC(CO)CC1)c1ccc(Cl)s1. The van der Waals surface area contributed by atoms with Gasteiger partial charge in [-0.05, 0) is 43.7 Å². The number of thiophene rings is 1. The van der Waals surface area contributed by atoms with Crippen LogP contribution < -0.4 is 4.72 Å². The minimum atomic E-state index is -3.44. The second kappa shape index (κ2) is 5.88. The average molecular weight is 310 g/mol. The topological polar surface area (TPSA) is 66.4 Å². The molecule has 2 N–H and O–H groups in total. The van der Waals surface area contributed by atoms with Crippen molar-refractivity contribution in [1.82, 2.24) is 4.72 Å². The number of halogens is 1. The molecule has 1 aromatic rings. The molecule has 1 saturated carbocycles. The van der Waals surface area contributed by atoms with Gasteiger partial charge in [0, 0.05) is 12.6 Å². The van der Waals surface area contributed by atoms with Crippen molar-refractivity contribution in [1.29, 1.82) is 0 Å². The third-order valence-electron chi connectivity index (χ3n) is 3.24. The summed E-state index contributed by atoms with van der Waals surface area (Å²) in [7, 11) is -3.44. The largest absolute Gasteiger partial charge is 0.396 e. The van der Waals surface area contributed by atoms with Gasteiger partial charge in [0.05, 0.1) is 4.34 Å². The van der Waals surface area contributed by atoms with E-state index in [2.05, 4.69) is 4.72 Å². The predicted octanol–water partition coefficient (Wildman–Crippen LogP) is 2.23. The molecule has 0 spiro atoms. The van der Waals surface area contributed by atoms with Crippen LogP contribution in [-0.4, -0.2) is 26.2 Å². The van der Waals surface area contributed by atoms with E-state index in [4.69, 9.17) is 16.7 Å². The third-order valence-corrected chi connectivity index (χ3v) is 6.48. The molecule has 1 heterocycles. The second-order valence-corrected chi connectivity index (χ2v) is 8.24. The lowest BCUT2D eigenvalue weighted by molar-refractivity contribution is 0.180. The van der Waals surface area contributed by atoms with Gasteiger partial charge in [0.2, 0.25) is 10.0 Å². The molecular weight excluding hydrogens is 294 g/mol. The molecular formula is C11H16ClNO3S2. The molecule has 1 aromatic heterocycles. The van der Waals surface area contributed by atoms with Crippen LogP contribution in [0.5, 0.6) is 0 Å². The van der Waals surface area contributed by atoms with E-state index in [0.717, 1.165) is 37.0 Å². The molecule has 0 bridgehead atoms. The summed E-state index contributed by atoms with van der Waals surface area (Å²) in [6.45, 7) is 0.194. The van der Waals surface area contributed by atoms with E-state index in [1.165, 1.54) is 6.07 Å². The normalized spacial score (nSPS) is 25.2. The smallest absolute Gasteiger partial charge is 0.250 e. The number of aliphatic hydroxyl groups is 1. The van der Waals surface area contributed by atoms with E-state index in [-0.39, 0.29) is 16.9 Å². The summed E-state index contributed by atoms with van der Waals surface area (Å²) < 4.78 is 27.6. The van der Waals surface area contributed by atoms with E-state index in [1.807, 2.05) is 0 Å². The second-order valence-electron chi connectivity index (χ2n) is 4.58. The fourth-order valence-electron chi connectivity index (χ4n) is 2.18. The van der Waals surface area contributed by atoms with Crippen LogP contribution in [0, 0.1) is 5.92 Å². The number of hydrogen-bond donors (Lipinski definition) is 2. The summed E-state index contributed by atoms with van der Waals surface area (Å²) in [5.74, 6) is 0.321. The molecule has 0 amide bonds. The highest BCUT2D eigenvalue weighted by molar-refractivity contribution is 7.91. The Kier molecular flexibility index (Phi) is 4.66. The standard InChI is InChI=1S/C11H16ClNO3S2/c12-10-5-6-11(17-10)18(15,16)13-9-3-1-8(7-14)2-4-9/h5-6,8-9,13-14H,1-4,7H2. The highest BCUT2D eigenvalue weighted by atomic mass is 35.5. The number of aliphatic hydroxyl groups excluding tert-OH is 1. The predicted molar refractivity (Wildman–Crippen MR) is 72.5 cm³/mol. The van der Waals surface area contributed by atoms with Gasteiger partial charge in [0.1, 0.15) is 4.21 Å². The van der Waals surface area contributed by atoms with Crippen molar-refractivity contribution in [3.63, 3.8) is 0 Å². The Morgan fingerprint density at radius 2 is 2.00 bits per heavy atom. The van der Waals surface area contributed by atoms with Gasteiger partial charge in [-0.25, -0.2) is 13.1 Å². The maximum atomic E-state index is 12.1. The van der Waals surface area contributed by atoms with Crippen LogP contribution in [0.15, 0.2) is 16.3 Å². The fraction of sp³-hybridized carbons (Fsp3) is 0.636. The Balaban J connectivity index is 1.97. The van der Waals surface area contributed by atoms with E-state index in [0.29, 0.717) is 10.3 Å². The Labute approximate surface area is 116 Å². The number of sulfonamides is 1. The van der Waals surface area contributed by atoms with E-state index >= 15 is 0 Å². The van der Waals surface area contributed by atoms with Crippen molar-refractivity contribution in [3.8, 4) is 0 Å². The lowest BCUT2D eigenvalue weighted by atomic mass is 9.87.